The highest BCUT2D eigenvalue weighted by atomic mass is 35.5. The number of hydrogen-bond donors (Lipinski definition) is 1. The van der Waals surface area contributed by atoms with Gasteiger partial charge in [-0.2, -0.15) is 0 Å². The van der Waals surface area contributed by atoms with Crippen LogP contribution in [-0.2, 0) is 6.42 Å². The summed E-state index contributed by atoms with van der Waals surface area (Å²) in [4.78, 5) is 4.16. The number of aromatic nitrogens is 1. The molecule has 1 heterocycles. The lowest BCUT2D eigenvalue weighted by molar-refractivity contribution is 0.491. The molecule has 0 spiro atoms. The van der Waals surface area contributed by atoms with Gasteiger partial charge in [-0.3, -0.25) is 0 Å². The van der Waals surface area contributed by atoms with Crippen molar-refractivity contribution in [2.24, 2.45) is 0 Å². The summed E-state index contributed by atoms with van der Waals surface area (Å²) in [5, 5.41) is 3.86. The van der Waals surface area contributed by atoms with Crippen LogP contribution in [-0.4, -0.2) is 17.6 Å². The molecule has 1 saturated carbocycles. The van der Waals surface area contributed by atoms with Crippen molar-refractivity contribution >= 4 is 11.6 Å². The van der Waals surface area contributed by atoms with Gasteiger partial charge in [-0.05, 0) is 31.0 Å². The molecule has 0 amide bonds. The van der Waals surface area contributed by atoms with E-state index in [4.69, 9.17) is 16.0 Å². The maximum atomic E-state index is 13.7. The fourth-order valence-corrected chi connectivity index (χ4v) is 2.08. The van der Waals surface area contributed by atoms with Crippen molar-refractivity contribution in [3.8, 4) is 11.3 Å². The van der Waals surface area contributed by atoms with Crippen LogP contribution in [0.25, 0.3) is 11.3 Å². The smallest absolute Gasteiger partial charge is 0.196 e. The molecule has 3 nitrogen and oxygen atoms in total. The zero-order valence-electron chi connectivity index (χ0n) is 10.3. The molecule has 1 fully saturated rings. The van der Waals surface area contributed by atoms with Crippen molar-refractivity contribution < 1.29 is 8.81 Å². The second kappa shape index (κ2) is 5.31. The first-order chi connectivity index (χ1) is 9.22. The van der Waals surface area contributed by atoms with Gasteiger partial charge < -0.3 is 9.73 Å². The Morgan fingerprint density at radius 3 is 3.05 bits per heavy atom. The summed E-state index contributed by atoms with van der Waals surface area (Å²) >= 11 is 5.86. The third-order valence-electron chi connectivity index (χ3n) is 3.10. The minimum absolute atomic E-state index is 0.349. The van der Waals surface area contributed by atoms with Gasteiger partial charge in [-0.1, -0.05) is 11.6 Å². The van der Waals surface area contributed by atoms with Crippen LogP contribution < -0.4 is 5.32 Å². The molecule has 1 aromatic heterocycles. The van der Waals surface area contributed by atoms with Gasteiger partial charge in [0, 0.05) is 24.0 Å². The van der Waals surface area contributed by atoms with E-state index in [-0.39, 0.29) is 5.82 Å². The van der Waals surface area contributed by atoms with Crippen molar-refractivity contribution in [3.05, 3.63) is 41.1 Å². The molecule has 19 heavy (non-hydrogen) atoms. The Balaban J connectivity index is 1.70. The van der Waals surface area contributed by atoms with Gasteiger partial charge in [0.05, 0.1) is 11.8 Å². The van der Waals surface area contributed by atoms with E-state index in [0.717, 1.165) is 6.54 Å². The normalized spacial score (nSPS) is 14.8. The molecule has 5 heteroatoms. The number of halogens is 2. The molecule has 100 valence electrons. The maximum Gasteiger partial charge on any atom is 0.196 e. The maximum absolute atomic E-state index is 13.7. The zero-order valence-corrected chi connectivity index (χ0v) is 11.1. The van der Waals surface area contributed by atoms with Crippen LogP contribution in [0.3, 0.4) is 0 Å². The highest BCUT2D eigenvalue weighted by Gasteiger charge is 2.20. The van der Waals surface area contributed by atoms with Gasteiger partial charge >= 0.3 is 0 Å². The highest BCUT2D eigenvalue weighted by Crippen LogP contribution is 2.26. The third-order valence-corrected chi connectivity index (χ3v) is 3.33. The summed E-state index contributed by atoms with van der Waals surface area (Å²) < 4.78 is 19.2. The van der Waals surface area contributed by atoms with Crippen molar-refractivity contribution in [1.29, 1.82) is 0 Å². The lowest BCUT2D eigenvalue weighted by Crippen LogP contribution is -2.19. The number of nitrogens with one attached hydrogen (secondary N) is 1. The Bertz CT molecular complexity index is 581. The van der Waals surface area contributed by atoms with Crippen molar-refractivity contribution in [2.75, 3.05) is 6.54 Å². The molecule has 0 unspecified atom stereocenters. The first-order valence-corrected chi connectivity index (χ1v) is 6.73. The second-order valence-corrected chi connectivity index (χ2v) is 5.16. The van der Waals surface area contributed by atoms with Gasteiger partial charge in [-0.15, -0.1) is 0 Å². The van der Waals surface area contributed by atoms with E-state index in [1.165, 1.54) is 25.0 Å². The summed E-state index contributed by atoms with van der Waals surface area (Å²) in [6, 6.07) is 5.05. The van der Waals surface area contributed by atoms with E-state index in [9.17, 15) is 4.39 Å². The summed E-state index contributed by atoms with van der Waals surface area (Å²) in [6.07, 6.45) is 4.76. The lowest BCUT2D eigenvalue weighted by Gasteiger charge is -2.00. The summed E-state index contributed by atoms with van der Waals surface area (Å²) in [5.74, 6) is 0.673. The van der Waals surface area contributed by atoms with Crippen LogP contribution in [0.2, 0.25) is 5.02 Å². The van der Waals surface area contributed by atoms with E-state index >= 15 is 0 Å². The molecule has 1 aromatic carbocycles. The van der Waals surface area contributed by atoms with Gasteiger partial charge in [0.25, 0.3) is 0 Å². The fourth-order valence-electron chi connectivity index (χ4n) is 1.91. The van der Waals surface area contributed by atoms with E-state index in [1.807, 2.05) is 0 Å². The van der Waals surface area contributed by atoms with Crippen LogP contribution in [0.15, 0.2) is 28.8 Å². The number of nitrogens with zero attached hydrogens (tertiary/aromatic N) is 1. The Hall–Kier alpha value is -1.39. The monoisotopic (exact) mass is 280 g/mol. The predicted octanol–water partition coefficient (Wildman–Crippen LogP) is 3.43. The predicted molar refractivity (Wildman–Crippen MR) is 71.6 cm³/mol. The first kappa shape index (κ1) is 12.6. The summed E-state index contributed by atoms with van der Waals surface area (Å²) in [7, 11) is 0. The van der Waals surface area contributed by atoms with Gasteiger partial charge in [-0.25, -0.2) is 9.37 Å². The molecule has 0 atom stereocenters. The standard InChI is InChI=1S/C14H14ClFN2O/c15-9-1-4-12(16)11(7-9)13-8-18-14(19-13)5-6-17-10-2-3-10/h1,4,7-8,10,17H,2-3,5-6H2. The highest BCUT2D eigenvalue weighted by molar-refractivity contribution is 6.30. The van der Waals surface area contributed by atoms with Crippen LogP contribution in [0.4, 0.5) is 4.39 Å². The van der Waals surface area contributed by atoms with Gasteiger partial charge in [0.15, 0.2) is 11.7 Å². The number of hydrogen-bond acceptors (Lipinski definition) is 3. The van der Waals surface area contributed by atoms with Crippen LogP contribution in [0.1, 0.15) is 18.7 Å². The van der Waals surface area contributed by atoms with Crippen LogP contribution >= 0.6 is 11.6 Å². The molecule has 2 aromatic rings. The molecule has 0 saturated heterocycles. The fraction of sp³-hybridized carbons (Fsp3) is 0.357. The van der Waals surface area contributed by atoms with E-state index in [1.54, 1.807) is 12.3 Å². The minimum Gasteiger partial charge on any atom is -0.441 e. The molecule has 0 aliphatic heterocycles. The molecule has 1 aliphatic carbocycles. The van der Waals surface area contributed by atoms with E-state index in [0.29, 0.717) is 34.7 Å². The molecule has 0 radical (unpaired) electrons. The first-order valence-electron chi connectivity index (χ1n) is 6.36. The molecular weight excluding hydrogens is 267 g/mol. The third kappa shape index (κ3) is 3.14. The average Bonchev–Trinajstić information content (AvgIpc) is 3.10. The molecule has 3 rings (SSSR count). The summed E-state index contributed by atoms with van der Waals surface area (Å²) in [5.41, 5.74) is 0.349. The summed E-state index contributed by atoms with van der Waals surface area (Å²) in [6.45, 7) is 0.836. The lowest BCUT2D eigenvalue weighted by atomic mass is 10.2. The second-order valence-electron chi connectivity index (χ2n) is 4.72. The number of rotatable bonds is 5. The van der Waals surface area contributed by atoms with Crippen molar-refractivity contribution in [2.45, 2.75) is 25.3 Å². The quantitative estimate of drug-likeness (QED) is 0.912. The van der Waals surface area contributed by atoms with Crippen LogP contribution in [0.5, 0.6) is 0 Å². The van der Waals surface area contributed by atoms with Gasteiger partial charge in [0.1, 0.15) is 5.82 Å². The number of benzene rings is 1. The average molecular weight is 281 g/mol. The largest absolute Gasteiger partial charge is 0.441 e. The molecule has 1 aliphatic rings. The van der Waals surface area contributed by atoms with E-state index in [2.05, 4.69) is 10.3 Å². The van der Waals surface area contributed by atoms with Gasteiger partial charge in [0.2, 0.25) is 0 Å². The Kier molecular flexibility index (Phi) is 3.53. The molecular formula is C14H14ClFN2O. The Morgan fingerprint density at radius 2 is 2.26 bits per heavy atom. The van der Waals surface area contributed by atoms with Crippen molar-refractivity contribution in [1.82, 2.24) is 10.3 Å². The van der Waals surface area contributed by atoms with Crippen LogP contribution in [0, 0.1) is 5.82 Å². The van der Waals surface area contributed by atoms with Crippen molar-refractivity contribution in [3.63, 3.8) is 0 Å². The Labute approximate surface area is 115 Å². The number of oxazole rings is 1. The van der Waals surface area contributed by atoms with E-state index < -0.39 is 0 Å². The SMILES string of the molecule is Fc1ccc(Cl)cc1-c1cnc(CCNC2CC2)o1. The zero-order chi connectivity index (χ0) is 13.2. The Morgan fingerprint density at radius 1 is 1.42 bits per heavy atom. The minimum atomic E-state index is -0.358. The molecule has 0 bridgehead atoms. The topological polar surface area (TPSA) is 38.1 Å². The molecule has 1 N–H and O–H groups in total.